The van der Waals surface area contributed by atoms with Gasteiger partial charge in [0, 0.05) is 76.1 Å². The lowest BCUT2D eigenvalue weighted by Gasteiger charge is -2.26. The number of aliphatic hydroxyl groups is 2. The number of carbonyl (C=O) groups excluding carboxylic acids is 3. The van der Waals surface area contributed by atoms with Gasteiger partial charge in [0.2, 0.25) is 11.6 Å². The predicted molar refractivity (Wildman–Crippen MR) is 139 cm³/mol. The van der Waals surface area contributed by atoms with E-state index in [0.717, 1.165) is 0 Å². The Kier molecular flexibility index (Phi) is 8.97. The van der Waals surface area contributed by atoms with Gasteiger partial charge in [0.25, 0.3) is 0 Å². The molecule has 3 rings (SSSR count). The lowest BCUT2D eigenvalue weighted by Crippen LogP contribution is -2.29. The minimum atomic E-state index is -1.25. The molecule has 2 aliphatic carbocycles. The van der Waals surface area contributed by atoms with Gasteiger partial charge < -0.3 is 39.7 Å². The molecular formula is C27H32N2O9. The minimum absolute atomic E-state index is 0.371. The molecule has 0 aliphatic heterocycles. The van der Waals surface area contributed by atoms with Crippen LogP contribution >= 0.6 is 0 Å². The molecule has 0 spiro atoms. The zero-order valence-corrected chi connectivity index (χ0v) is 21.8. The number of Topliss-reactive ketones (excluding diaryl/α,β-unsaturated/α-hetero) is 2. The highest BCUT2D eigenvalue weighted by Gasteiger charge is 2.43. The molecule has 0 bridgehead atoms. The summed E-state index contributed by atoms with van der Waals surface area (Å²) >= 11 is 0. The van der Waals surface area contributed by atoms with E-state index >= 15 is 0 Å². The first-order chi connectivity index (χ1) is 18.1. The number of aromatic hydroxyl groups is 2. The third kappa shape index (κ3) is 5.29. The van der Waals surface area contributed by atoms with Crippen molar-refractivity contribution in [2.24, 2.45) is 0 Å². The van der Waals surface area contributed by atoms with Crippen molar-refractivity contribution in [3.05, 3.63) is 58.2 Å². The first kappa shape index (κ1) is 28.5. The highest BCUT2D eigenvalue weighted by Crippen LogP contribution is 2.44. The summed E-state index contributed by atoms with van der Waals surface area (Å²) in [7, 11) is 3.07. The number of methoxy groups -OCH3 is 2. The molecule has 0 saturated heterocycles. The topological polar surface area (TPSA) is 157 Å². The Morgan fingerprint density at radius 2 is 1.26 bits per heavy atom. The standard InChI is InChI=1S/C27H32N2O9/c1-5-28(7-9-37-3)15-11-17(30)21(18(31)12-15)23-25(34)24(27(36)26(23)35)22-19(32)13-16(14-20(22)33)29(6-2)8-10-38-4/h11-14,30-32,34H,5-10H2,1-4H3/b24-22-. The van der Waals surface area contributed by atoms with Crippen molar-refractivity contribution < 1.29 is 44.3 Å². The number of phenols is 2. The highest BCUT2D eigenvalue weighted by atomic mass is 16.5. The van der Waals surface area contributed by atoms with Gasteiger partial charge in [0.05, 0.1) is 35.5 Å². The van der Waals surface area contributed by atoms with Crippen molar-refractivity contribution in [3.8, 4) is 11.5 Å². The second-order valence-electron chi connectivity index (χ2n) is 8.60. The Labute approximate surface area is 220 Å². The number of hydrogen-bond donors (Lipinski definition) is 4. The van der Waals surface area contributed by atoms with Gasteiger partial charge in [0.1, 0.15) is 23.0 Å². The number of rotatable bonds is 11. The molecule has 0 unspecified atom stereocenters. The summed E-state index contributed by atoms with van der Waals surface area (Å²) in [4.78, 5) is 42.4. The van der Waals surface area contributed by atoms with Gasteiger partial charge in [-0.2, -0.15) is 0 Å². The quantitative estimate of drug-likeness (QED) is 0.246. The van der Waals surface area contributed by atoms with Crippen LogP contribution in [0.3, 0.4) is 0 Å². The molecule has 1 aromatic carbocycles. The summed E-state index contributed by atoms with van der Waals surface area (Å²) in [6, 6.07) is 2.57. The van der Waals surface area contributed by atoms with E-state index in [4.69, 9.17) is 9.47 Å². The van der Waals surface area contributed by atoms with Crippen LogP contribution in [0.25, 0.3) is 5.57 Å². The van der Waals surface area contributed by atoms with E-state index in [1.807, 2.05) is 13.8 Å². The van der Waals surface area contributed by atoms with Crippen molar-refractivity contribution in [2.75, 3.05) is 58.5 Å². The number of carbonyl (C=O) groups is 3. The Morgan fingerprint density at radius 1 is 0.737 bits per heavy atom. The highest BCUT2D eigenvalue weighted by molar-refractivity contribution is 6.63. The maximum Gasteiger partial charge on any atom is 0.238 e. The smallest absolute Gasteiger partial charge is 0.238 e. The van der Waals surface area contributed by atoms with E-state index < -0.39 is 62.6 Å². The number of allylic oxidation sites excluding steroid dienone is 5. The van der Waals surface area contributed by atoms with Crippen LogP contribution in [0.5, 0.6) is 11.5 Å². The lowest BCUT2D eigenvalue weighted by molar-refractivity contribution is -0.130. The normalized spacial score (nSPS) is 17.7. The fourth-order valence-corrected chi connectivity index (χ4v) is 4.43. The first-order valence-corrected chi connectivity index (χ1v) is 12.1. The van der Waals surface area contributed by atoms with Gasteiger partial charge in [0.15, 0.2) is 5.78 Å². The molecule has 204 valence electrons. The summed E-state index contributed by atoms with van der Waals surface area (Å²) in [6.07, 6.45) is 2.45. The number of nitrogens with zero attached hydrogens (tertiary/aromatic N) is 2. The molecule has 0 radical (unpaired) electrons. The molecule has 4 N–H and O–H groups in total. The summed E-state index contributed by atoms with van der Waals surface area (Å²) in [6.45, 7) is 6.38. The van der Waals surface area contributed by atoms with Crippen molar-refractivity contribution in [1.82, 2.24) is 4.90 Å². The van der Waals surface area contributed by atoms with Crippen LogP contribution in [0.2, 0.25) is 0 Å². The number of likely N-dealkylation sites (N-methyl/N-ethyl adjacent to an activating group) is 2. The lowest BCUT2D eigenvalue weighted by atomic mass is 9.94. The summed E-state index contributed by atoms with van der Waals surface area (Å²) in [5.41, 5.74) is -1.57. The third-order valence-electron chi connectivity index (χ3n) is 6.41. The van der Waals surface area contributed by atoms with Crippen LogP contribution in [-0.4, -0.2) is 96.3 Å². The van der Waals surface area contributed by atoms with Crippen molar-refractivity contribution >= 4 is 28.6 Å². The average molecular weight is 529 g/mol. The Morgan fingerprint density at radius 3 is 1.76 bits per heavy atom. The fourth-order valence-electron chi connectivity index (χ4n) is 4.43. The molecule has 1 aromatic rings. The molecule has 11 nitrogen and oxygen atoms in total. The SMILES string of the molecule is CCN(CCOC)C1=CC(=O)/C(=C2\C(=O)C(=O)C(c3c(O)cc(N(CC)CCOC)cc3O)=C2O)C(O)=C1. The first-order valence-electron chi connectivity index (χ1n) is 12.1. The van der Waals surface area contributed by atoms with Crippen molar-refractivity contribution in [1.29, 1.82) is 0 Å². The zero-order valence-electron chi connectivity index (χ0n) is 21.8. The number of benzene rings is 1. The molecule has 2 aliphatic rings. The van der Waals surface area contributed by atoms with E-state index in [0.29, 0.717) is 50.8 Å². The van der Waals surface area contributed by atoms with Gasteiger partial charge in [-0.3, -0.25) is 14.4 Å². The second-order valence-corrected chi connectivity index (χ2v) is 8.60. The van der Waals surface area contributed by atoms with Crippen LogP contribution in [-0.2, 0) is 23.9 Å². The Bertz CT molecular complexity index is 1250. The number of aliphatic hydroxyl groups excluding tert-OH is 2. The Hall–Kier alpha value is -4.09. The van der Waals surface area contributed by atoms with Gasteiger partial charge in [-0.1, -0.05) is 0 Å². The van der Waals surface area contributed by atoms with Crippen LogP contribution < -0.4 is 4.90 Å². The van der Waals surface area contributed by atoms with E-state index in [2.05, 4.69) is 0 Å². The molecule has 0 atom stereocenters. The monoisotopic (exact) mass is 528 g/mol. The van der Waals surface area contributed by atoms with E-state index in [-0.39, 0.29) is 0 Å². The summed E-state index contributed by atoms with van der Waals surface area (Å²) in [5.74, 6) is -5.91. The number of phenolic OH excluding ortho intramolecular Hbond substituents is 2. The largest absolute Gasteiger partial charge is 0.507 e. The number of ether oxygens (including phenoxy) is 2. The van der Waals surface area contributed by atoms with E-state index in [1.165, 1.54) is 38.5 Å². The van der Waals surface area contributed by atoms with Crippen molar-refractivity contribution in [3.63, 3.8) is 0 Å². The molecule has 0 saturated carbocycles. The Balaban J connectivity index is 2.09. The summed E-state index contributed by atoms with van der Waals surface area (Å²) in [5, 5.41) is 43.1. The zero-order chi connectivity index (χ0) is 28.1. The number of anilines is 1. The number of ketones is 3. The molecule has 0 fully saturated rings. The average Bonchev–Trinajstić information content (AvgIpc) is 3.08. The maximum absolute atomic E-state index is 13.0. The van der Waals surface area contributed by atoms with Crippen LogP contribution in [0.15, 0.2) is 52.6 Å². The second kappa shape index (κ2) is 12.0. The van der Waals surface area contributed by atoms with Gasteiger partial charge in [-0.25, -0.2) is 0 Å². The molecule has 0 amide bonds. The molecule has 0 aromatic heterocycles. The van der Waals surface area contributed by atoms with Gasteiger partial charge in [-0.05, 0) is 13.8 Å². The predicted octanol–water partition coefficient (Wildman–Crippen LogP) is 2.16. The van der Waals surface area contributed by atoms with Crippen LogP contribution in [0.1, 0.15) is 19.4 Å². The van der Waals surface area contributed by atoms with Crippen molar-refractivity contribution in [2.45, 2.75) is 13.8 Å². The fraction of sp³-hybridized carbons (Fsp3) is 0.370. The molecular weight excluding hydrogens is 496 g/mol. The van der Waals surface area contributed by atoms with E-state index in [9.17, 15) is 34.8 Å². The molecule has 0 heterocycles. The van der Waals surface area contributed by atoms with Crippen LogP contribution in [0, 0.1) is 0 Å². The molecule has 11 heteroatoms. The third-order valence-corrected chi connectivity index (χ3v) is 6.41. The van der Waals surface area contributed by atoms with E-state index in [1.54, 1.807) is 9.80 Å². The van der Waals surface area contributed by atoms with Gasteiger partial charge >= 0.3 is 0 Å². The maximum atomic E-state index is 13.0. The van der Waals surface area contributed by atoms with Gasteiger partial charge in [-0.15, -0.1) is 0 Å². The summed E-state index contributed by atoms with van der Waals surface area (Å²) < 4.78 is 10.1. The molecule has 38 heavy (non-hydrogen) atoms. The minimum Gasteiger partial charge on any atom is -0.507 e. The van der Waals surface area contributed by atoms with Crippen LogP contribution in [0.4, 0.5) is 5.69 Å². The number of hydrogen-bond acceptors (Lipinski definition) is 11.